The lowest BCUT2D eigenvalue weighted by molar-refractivity contribution is -0.134. The van der Waals surface area contributed by atoms with Gasteiger partial charge in [0.2, 0.25) is 11.8 Å². The van der Waals surface area contributed by atoms with Gasteiger partial charge in [0.25, 0.3) is 0 Å². The molecule has 3 aliphatic heterocycles. The number of nitrogens with one attached hydrogen (secondary N) is 1. The summed E-state index contributed by atoms with van der Waals surface area (Å²) in [6, 6.07) is 0. The number of amides is 2. The number of ether oxygens (including phenoxy) is 1. The van der Waals surface area contributed by atoms with Gasteiger partial charge in [-0.25, -0.2) is 0 Å². The van der Waals surface area contributed by atoms with Crippen LogP contribution in [0.4, 0.5) is 0 Å². The highest BCUT2D eigenvalue weighted by molar-refractivity contribution is 5.76. The largest absolute Gasteiger partial charge is 0.376 e. The van der Waals surface area contributed by atoms with E-state index < -0.39 is 0 Å². The highest BCUT2D eigenvalue weighted by atomic mass is 16.5. The Morgan fingerprint density at radius 1 is 1.03 bits per heavy atom. The third-order valence-electron chi connectivity index (χ3n) is 6.60. The molecule has 1 atom stereocenters. The fourth-order valence-corrected chi connectivity index (χ4v) is 4.60. The molecule has 2 amide bonds. The molecule has 3 aliphatic rings. The van der Waals surface area contributed by atoms with Gasteiger partial charge in [-0.15, -0.1) is 0 Å². The summed E-state index contributed by atoms with van der Waals surface area (Å²) < 4.78 is 5.91. The molecule has 0 radical (unpaired) electrons. The zero-order valence-corrected chi connectivity index (χ0v) is 19.0. The van der Waals surface area contributed by atoms with E-state index in [0.717, 1.165) is 78.2 Å². The SMILES string of the molecule is CC.CCN1CCN(CCC(=O)N2CCC3(CC2)COC(CNC(C)=O)C3)CC1. The first kappa shape index (κ1) is 24.1. The summed E-state index contributed by atoms with van der Waals surface area (Å²) in [6.07, 6.45) is 3.80. The molecule has 3 rings (SSSR count). The van der Waals surface area contributed by atoms with Crippen molar-refractivity contribution in [3.8, 4) is 0 Å². The highest BCUT2D eigenvalue weighted by Crippen LogP contribution is 2.41. The second-order valence-electron chi connectivity index (χ2n) is 8.48. The maximum Gasteiger partial charge on any atom is 0.223 e. The normalized spacial score (nSPS) is 24.8. The second kappa shape index (κ2) is 11.9. The molecule has 3 heterocycles. The van der Waals surface area contributed by atoms with Gasteiger partial charge in [0, 0.05) is 65.7 Å². The Kier molecular flexibility index (Phi) is 9.86. The second-order valence-corrected chi connectivity index (χ2v) is 8.48. The topological polar surface area (TPSA) is 65.1 Å². The lowest BCUT2D eigenvalue weighted by Crippen LogP contribution is -2.48. The molecule has 7 nitrogen and oxygen atoms in total. The van der Waals surface area contributed by atoms with E-state index >= 15 is 0 Å². The first-order valence-corrected chi connectivity index (χ1v) is 11.6. The molecular formula is C22H42N4O3. The van der Waals surface area contributed by atoms with Gasteiger partial charge in [-0.2, -0.15) is 0 Å². The van der Waals surface area contributed by atoms with Crippen molar-refractivity contribution in [2.75, 3.05) is 65.5 Å². The van der Waals surface area contributed by atoms with Crippen molar-refractivity contribution in [2.45, 2.75) is 59.5 Å². The first-order valence-electron chi connectivity index (χ1n) is 11.6. The van der Waals surface area contributed by atoms with E-state index in [1.54, 1.807) is 6.92 Å². The molecule has 0 bridgehead atoms. The molecule has 0 aliphatic carbocycles. The minimum Gasteiger partial charge on any atom is -0.376 e. The van der Waals surface area contributed by atoms with Gasteiger partial charge in [0.1, 0.15) is 0 Å². The van der Waals surface area contributed by atoms with E-state index in [1.807, 2.05) is 13.8 Å². The summed E-state index contributed by atoms with van der Waals surface area (Å²) in [4.78, 5) is 30.6. The maximum absolute atomic E-state index is 12.6. The number of carbonyl (C=O) groups is 2. The lowest BCUT2D eigenvalue weighted by Gasteiger charge is -2.39. The van der Waals surface area contributed by atoms with Crippen LogP contribution in [0, 0.1) is 5.41 Å². The molecule has 29 heavy (non-hydrogen) atoms. The number of likely N-dealkylation sites (tertiary alicyclic amines) is 1. The third kappa shape index (κ3) is 7.23. The number of rotatable bonds is 6. The molecule has 3 saturated heterocycles. The Morgan fingerprint density at radius 2 is 1.66 bits per heavy atom. The van der Waals surface area contributed by atoms with Crippen LogP contribution in [0.5, 0.6) is 0 Å². The molecule has 1 N–H and O–H groups in total. The number of hydrogen-bond acceptors (Lipinski definition) is 5. The number of piperazine rings is 1. The molecule has 1 spiro atoms. The summed E-state index contributed by atoms with van der Waals surface area (Å²) in [5, 5.41) is 2.85. The smallest absolute Gasteiger partial charge is 0.223 e. The molecular weight excluding hydrogens is 368 g/mol. The van der Waals surface area contributed by atoms with Gasteiger partial charge in [-0.1, -0.05) is 20.8 Å². The Balaban J connectivity index is 0.00000145. The van der Waals surface area contributed by atoms with Crippen LogP contribution in [0.2, 0.25) is 0 Å². The molecule has 3 fully saturated rings. The van der Waals surface area contributed by atoms with Gasteiger partial charge >= 0.3 is 0 Å². The van der Waals surface area contributed by atoms with Crippen molar-refractivity contribution in [3.63, 3.8) is 0 Å². The van der Waals surface area contributed by atoms with Crippen molar-refractivity contribution in [2.24, 2.45) is 5.41 Å². The van der Waals surface area contributed by atoms with Gasteiger partial charge in [0.05, 0.1) is 12.7 Å². The minimum atomic E-state index is -0.00364. The molecule has 1 unspecified atom stereocenters. The van der Waals surface area contributed by atoms with Crippen LogP contribution in [-0.4, -0.2) is 98.1 Å². The standard InChI is InChI=1S/C20H36N4O3.C2H6/c1-3-22-10-12-23(13-11-22)7-4-19(26)24-8-5-20(6-9-24)14-18(27-16-20)15-21-17(2)25;1-2/h18H,3-16H2,1-2H3,(H,21,25);1-2H3. The van der Waals surface area contributed by atoms with E-state index in [-0.39, 0.29) is 17.4 Å². The van der Waals surface area contributed by atoms with E-state index in [1.165, 1.54) is 0 Å². The Morgan fingerprint density at radius 3 is 2.24 bits per heavy atom. The zero-order valence-electron chi connectivity index (χ0n) is 19.0. The van der Waals surface area contributed by atoms with Crippen LogP contribution >= 0.6 is 0 Å². The molecule has 0 aromatic rings. The third-order valence-corrected chi connectivity index (χ3v) is 6.60. The average molecular weight is 411 g/mol. The Hall–Kier alpha value is -1.18. The number of piperidine rings is 1. The summed E-state index contributed by atoms with van der Waals surface area (Å²) in [5.41, 5.74) is 0.205. The zero-order chi connectivity index (χ0) is 21.3. The predicted octanol–water partition coefficient (Wildman–Crippen LogP) is 1.57. The van der Waals surface area contributed by atoms with E-state index in [0.29, 0.717) is 18.9 Å². The Bertz CT molecular complexity index is 512. The van der Waals surface area contributed by atoms with E-state index in [9.17, 15) is 9.59 Å². The maximum atomic E-state index is 12.6. The molecule has 168 valence electrons. The van der Waals surface area contributed by atoms with Gasteiger partial charge in [-0.3, -0.25) is 9.59 Å². The summed E-state index contributed by atoms with van der Waals surface area (Å²) in [5.74, 6) is 0.299. The van der Waals surface area contributed by atoms with Gasteiger partial charge < -0.3 is 24.8 Å². The van der Waals surface area contributed by atoms with Crippen molar-refractivity contribution in [1.29, 1.82) is 0 Å². The van der Waals surface area contributed by atoms with Crippen molar-refractivity contribution < 1.29 is 14.3 Å². The monoisotopic (exact) mass is 410 g/mol. The number of nitrogens with zero attached hydrogens (tertiary/aromatic N) is 3. The average Bonchev–Trinajstić information content (AvgIpc) is 3.15. The van der Waals surface area contributed by atoms with Crippen LogP contribution in [0.15, 0.2) is 0 Å². The summed E-state index contributed by atoms with van der Waals surface area (Å²) in [6.45, 7) is 17.2. The minimum absolute atomic E-state index is 0.00364. The van der Waals surface area contributed by atoms with Crippen LogP contribution in [0.25, 0.3) is 0 Å². The number of carbonyl (C=O) groups excluding carboxylic acids is 2. The predicted molar refractivity (Wildman–Crippen MR) is 116 cm³/mol. The van der Waals surface area contributed by atoms with Gasteiger partial charge in [0.15, 0.2) is 0 Å². The van der Waals surface area contributed by atoms with Gasteiger partial charge in [-0.05, 0) is 31.2 Å². The molecule has 0 aromatic carbocycles. The number of hydrogen-bond donors (Lipinski definition) is 1. The van der Waals surface area contributed by atoms with Crippen LogP contribution in [0.3, 0.4) is 0 Å². The van der Waals surface area contributed by atoms with Crippen LogP contribution in [0.1, 0.15) is 53.4 Å². The fourth-order valence-electron chi connectivity index (χ4n) is 4.60. The van der Waals surface area contributed by atoms with E-state index in [2.05, 4.69) is 26.9 Å². The molecule has 0 aromatic heterocycles. The molecule has 0 saturated carbocycles. The fraction of sp³-hybridized carbons (Fsp3) is 0.909. The van der Waals surface area contributed by atoms with Crippen molar-refractivity contribution in [3.05, 3.63) is 0 Å². The quantitative estimate of drug-likeness (QED) is 0.720. The first-order chi connectivity index (χ1) is 14.0. The highest BCUT2D eigenvalue weighted by Gasteiger charge is 2.42. The van der Waals surface area contributed by atoms with Crippen LogP contribution < -0.4 is 5.32 Å². The Labute approximate surface area is 177 Å². The molecule has 7 heteroatoms. The van der Waals surface area contributed by atoms with E-state index in [4.69, 9.17) is 4.74 Å². The van der Waals surface area contributed by atoms with Crippen molar-refractivity contribution in [1.82, 2.24) is 20.0 Å². The van der Waals surface area contributed by atoms with Crippen molar-refractivity contribution >= 4 is 11.8 Å². The summed E-state index contributed by atoms with van der Waals surface area (Å²) in [7, 11) is 0. The summed E-state index contributed by atoms with van der Waals surface area (Å²) >= 11 is 0. The lowest BCUT2D eigenvalue weighted by atomic mass is 9.76. The van der Waals surface area contributed by atoms with Crippen LogP contribution in [-0.2, 0) is 14.3 Å². The number of likely N-dealkylation sites (N-methyl/N-ethyl adjacent to an activating group) is 1.